The lowest BCUT2D eigenvalue weighted by atomic mass is 10.0. The second-order valence-corrected chi connectivity index (χ2v) is 5.36. The van der Waals surface area contributed by atoms with E-state index >= 15 is 0 Å². The number of benzene rings is 2. The Morgan fingerprint density at radius 2 is 1.41 bits per heavy atom. The third-order valence-corrected chi connectivity index (χ3v) is 4.09. The SMILES string of the molecule is O=C1c2ccccc2C(=O)N1CCC1=C[N]c2ccccc21. The summed E-state index contributed by atoms with van der Waals surface area (Å²) in [5.41, 5.74) is 4.09. The van der Waals surface area contributed by atoms with Gasteiger partial charge in [-0.2, -0.15) is 0 Å². The summed E-state index contributed by atoms with van der Waals surface area (Å²) in [7, 11) is 0. The molecule has 0 aliphatic carbocycles. The number of hydrogen-bond donors (Lipinski definition) is 0. The number of rotatable bonds is 3. The maximum atomic E-state index is 12.3. The summed E-state index contributed by atoms with van der Waals surface area (Å²) in [5, 5.41) is 4.35. The molecule has 0 aromatic heterocycles. The fraction of sp³-hybridized carbons (Fsp3) is 0.111. The van der Waals surface area contributed by atoms with E-state index in [9.17, 15) is 9.59 Å². The highest BCUT2D eigenvalue weighted by atomic mass is 16.2. The van der Waals surface area contributed by atoms with Crippen molar-refractivity contribution in [3.63, 3.8) is 0 Å². The maximum absolute atomic E-state index is 12.3. The molecule has 22 heavy (non-hydrogen) atoms. The molecule has 0 unspecified atom stereocenters. The first kappa shape index (κ1) is 12.8. The second-order valence-electron chi connectivity index (χ2n) is 5.36. The Kier molecular flexibility index (Phi) is 2.82. The summed E-state index contributed by atoms with van der Waals surface area (Å²) in [6.45, 7) is 0.377. The van der Waals surface area contributed by atoms with Gasteiger partial charge in [-0.05, 0) is 30.2 Å². The Hall–Kier alpha value is -2.88. The minimum Gasteiger partial charge on any atom is -0.274 e. The van der Waals surface area contributed by atoms with Crippen LogP contribution in [0.4, 0.5) is 5.69 Å². The van der Waals surface area contributed by atoms with Gasteiger partial charge >= 0.3 is 0 Å². The predicted molar refractivity (Wildman–Crippen MR) is 82.6 cm³/mol. The van der Waals surface area contributed by atoms with E-state index in [-0.39, 0.29) is 11.8 Å². The van der Waals surface area contributed by atoms with Crippen LogP contribution in [0.15, 0.2) is 54.7 Å². The molecule has 2 aliphatic heterocycles. The fourth-order valence-corrected chi connectivity index (χ4v) is 2.95. The van der Waals surface area contributed by atoms with E-state index in [2.05, 4.69) is 5.32 Å². The molecule has 4 heteroatoms. The third-order valence-electron chi connectivity index (χ3n) is 4.09. The summed E-state index contributed by atoms with van der Waals surface area (Å²) >= 11 is 0. The standard InChI is InChI=1S/C18H13N2O2/c21-17-14-6-1-2-7-15(14)18(22)20(17)10-9-12-11-19-16-8-4-3-5-13(12)16/h1-8,11H,9-10H2. The molecule has 0 spiro atoms. The van der Waals surface area contributed by atoms with Gasteiger partial charge in [0.05, 0.1) is 16.8 Å². The van der Waals surface area contributed by atoms with Gasteiger partial charge in [-0.25, -0.2) is 0 Å². The zero-order valence-corrected chi connectivity index (χ0v) is 11.8. The lowest BCUT2D eigenvalue weighted by Gasteiger charge is -2.14. The zero-order chi connectivity index (χ0) is 15.1. The van der Waals surface area contributed by atoms with Crippen LogP contribution < -0.4 is 5.32 Å². The van der Waals surface area contributed by atoms with E-state index in [0.29, 0.717) is 24.1 Å². The summed E-state index contributed by atoms with van der Waals surface area (Å²) in [6, 6.07) is 14.9. The van der Waals surface area contributed by atoms with Gasteiger partial charge in [0.2, 0.25) is 0 Å². The minimum absolute atomic E-state index is 0.204. The van der Waals surface area contributed by atoms with E-state index in [1.807, 2.05) is 30.5 Å². The van der Waals surface area contributed by atoms with Gasteiger partial charge < -0.3 is 0 Å². The number of fused-ring (bicyclic) bond motifs is 2. The molecule has 0 bridgehead atoms. The van der Waals surface area contributed by atoms with E-state index in [0.717, 1.165) is 16.8 Å². The Bertz CT molecular complexity index is 788. The summed E-state index contributed by atoms with van der Waals surface area (Å²) in [4.78, 5) is 26.0. The highest BCUT2D eigenvalue weighted by Gasteiger charge is 2.34. The van der Waals surface area contributed by atoms with Gasteiger partial charge in [-0.15, -0.1) is 0 Å². The zero-order valence-electron chi connectivity index (χ0n) is 11.8. The van der Waals surface area contributed by atoms with Crippen molar-refractivity contribution in [3.8, 4) is 0 Å². The molecule has 4 nitrogen and oxygen atoms in total. The lowest BCUT2D eigenvalue weighted by molar-refractivity contribution is 0.0658. The Balaban J connectivity index is 1.53. The molecular formula is C18H13N2O2. The average Bonchev–Trinajstić information content (AvgIpc) is 3.07. The highest BCUT2D eigenvalue weighted by Crippen LogP contribution is 2.32. The predicted octanol–water partition coefficient (Wildman–Crippen LogP) is 2.96. The van der Waals surface area contributed by atoms with E-state index in [4.69, 9.17) is 0 Å². The van der Waals surface area contributed by atoms with Crippen molar-refractivity contribution in [1.82, 2.24) is 10.2 Å². The van der Waals surface area contributed by atoms with Gasteiger partial charge in [0, 0.05) is 18.3 Å². The minimum atomic E-state index is -0.204. The summed E-state index contributed by atoms with van der Waals surface area (Å²) < 4.78 is 0. The van der Waals surface area contributed by atoms with Crippen molar-refractivity contribution in [3.05, 3.63) is 71.4 Å². The quantitative estimate of drug-likeness (QED) is 0.816. The average molecular weight is 289 g/mol. The smallest absolute Gasteiger partial charge is 0.261 e. The normalized spacial score (nSPS) is 15.5. The number of hydrogen-bond acceptors (Lipinski definition) is 2. The van der Waals surface area contributed by atoms with Crippen molar-refractivity contribution in [1.29, 1.82) is 0 Å². The van der Waals surface area contributed by atoms with Crippen molar-refractivity contribution in [2.24, 2.45) is 0 Å². The molecular weight excluding hydrogens is 276 g/mol. The Morgan fingerprint density at radius 1 is 0.818 bits per heavy atom. The Morgan fingerprint density at radius 3 is 2.09 bits per heavy atom. The molecule has 0 fully saturated rings. The van der Waals surface area contributed by atoms with Crippen LogP contribution in [0.3, 0.4) is 0 Å². The molecule has 0 saturated carbocycles. The summed E-state index contributed by atoms with van der Waals surface area (Å²) in [6.07, 6.45) is 2.44. The van der Waals surface area contributed by atoms with Gasteiger partial charge in [0.15, 0.2) is 0 Å². The molecule has 2 aromatic carbocycles. The first-order valence-corrected chi connectivity index (χ1v) is 7.20. The number of carbonyl (C=O) groups excluding carboxylic acids is 2. The molecule has 2 aromatic rings. The monoisotopic (exact) mass is 289 g/mol. The maximum Gasteiger partial charge on any atom is 0.261 e. The van der Waals surface area contributed by atoms with Crippen LogP contribution in [0, 0.1) is 0 Å². The summed E-state index contributed by atoms with van der Waals surface area (Å²) in [5.74, 6) is -0.408. The topological polar surface area (TPSA) is 51.5 Å². The van der Waals surface area contributed by atoms with Crippen molar-refractivity contribution in [2.75, 3.05) is 6.54 Å². The van der Waals surface area contributed by atoms with Crippen LogP contribution >= 0.6 is 0 Å². The number of carbonyl (C=O) groups is 2. The van der Waals surface area contributed by atoms with Gasteiger partial charge in [0.1, 0.15) is 0 Å². The van der Waals surface area contributed by atoms with Crippen LogP contribution in [0.5, 0.6) is 0 Å². The Labute approximate surface area is 128 Å². The molecule has 1 radical (unpaired) electrons. The van der Waals surface area contributed by atoms with E-state index in [1.165, 1.54) is 4.90 Å². The molecule has 0 saturated heterocycles. The van der Waals surface area contributed by atoms with Crippen LogP contribution in [-0.4, -0.2) is 23.3 Å². The number of para-hydroxylation sites is 1. The molecule has 107 valence electrons. The number of imide groups is 1. The van der Waals surface area contributed by atoms with Crippen molar-refractivity contribution in [2.45, 2.75) is 6.42 Å². The van der Waals surface area contributed by atoms with Gasteiger partial charge in [0.25, 0.3) is 11.8 Å². The second kappa shape index (κ2) is 4.84. The fourth-order valence-electron chi connectivity index (χ4n) is 2.95. The molecule has 0 atom stereocenters. The molecule has 4 rings (SSSR count). The van der Waals surface area contributed by atoms with Crippen molar-refractivity contribution >= 4 is 23.1 Å². The van der Waals surface area contributed by atoms with E-state index in [1.54, 1.807) is 24.3 Å². The molecule has 2 aliphatic rings. The van der Waals surface area contributed by atoms with Crippen LogP contribution in [0.25, 0.3) is 5.57 Å². The first-order chi connectivity index (χ1) is 10.8. The largest absolute Gasteiger partial charge is 0.274 e. The highest BCUT2D eigenvalue weighted by molar-refractivity contribution is 6.21. The van der Waals surface area contributed by atoms with Gasteiger partial charge in [-0.3, -0.25) is 19.8 Å². The van der Waals surface area contributed by atoms with Crippen molar-refractivity contribution < 1.29 is 9.59 Å². The number of amides is 2. The number of nitrogens with zero attached hydrogens (tertiary/aromatic N) is 2. The van der Waals surface area contributed by atoms with Crippen LogP contribution in [-0.2, 0) is 0 Å². The van der Waals surface area contributed by atoms with Crippen LogP contribution in [0.1, 0.15) is 32.7 Å². The third kappa shape index (κ3) is 1.84. The molecule has 2 amide bonds. The first-order valence-electron chi connectivity index (χ1n) is 7.20. The molecule has 2 heterocycles. The molecule has 0 N–H and O–H groups in total. The van der Waals surface area contributed by atoms with Crippen LogP contribution in [0.2, 0.25) is 0 Å². The lowest BCUT2D eigenvalue weighted by Crippen LogP contribution is -2.30. The van der Waals surface area contributed by atoms with E-state index < -0.39 is 0 Å². The van der Waals surface area contributed by atoms with Gasteiger partial charge in [-0.1, -0.05) is 30.3 Å².